The number of likely N-dealkylation sites (tertiary alicyclic amines) is 1. The van der Waals surface area contributed by atoms with Crippen LogP contribution in [-0.4, -0.2) is 30.4 Å². The lowest BCUT2D eigenvalue weighted by atomic mass is 9.96. The molecule has 1 aliphatic rings. The molecular formula is C21H22N2O3S. The zero-order valence-electron chi connectivity index (χ0n) is 15.0. The molecule has 4 rings (SSSR count). The predicted octanol–water partition coefficient (Wildman–Crippen LogP) is 3.50. The van der Waals surface area contributed by atoms with E-state index in [1.807, 2.05) is 12.1 Å². The minimum absolute atomic E-state index is 0.0730. The van der Waals surface area contributed by atoms with Crippen molar-refractivity contribution in [3.8, 4) is 0 Å². The summed E-state index contributed by atoms with van der Waals surface area (Å²) in [4.78, 5) is 28.4. The van der Waals surface area contributed by atoms with Gasteiger partial charge in [0.1, 0.15) is 11.1 Å². The summed E-state index contributed by atoms with van der Waals surface area (Å²) < 4.78 is 5.25. The van der Waals surface area contributed by atoms with Crippen molar-refractivity contribution in [3.05, 3.63) is 68.7 Å². The quantitative estimate of drug-likeness (QED) is 0.686. The number of rotatable bonds is 5. The fraction of sp³-hybridized carbons (Fsp3) is 0.333. The third-order valence-corrected chi connectivity index (χ3v) is 5.97. The van der Waals surface area contributed by atoms with Crippen LogP contribution in [0.3, 0.4) is 0 Å². The van der Waals surface area contributed by atoms with E-state index in [2.05, 4.69) is 27.7 Å². The maximum absolute atomic E-state index is 12.4. The molecular weight excluding hydrogens is 360 g/mol. The smallest absolute Gasteiger partial charge is 0.349 e. The molecule has 3 aromatic rings. The summed E-state index contributed by atoms with van der Waals surface area (Å²) in [6, 6.07) is 13.1. The predicted molar refractivity (Wildman–Crippen MR) is 107 cm³/mol. The average molecular weight is 382 g/mol. The second-order valence-electron chi connectivity index (χ2n) is 6.99. The van der Waals surface area contributed by atoms with Crippen LogP contribution >= 0.6 is 11.3 Å². The third kappa shape index (κ3) is 4.28. The highest BCUT2D eigenvalue weighted by molar-refractivity contribution is 7.09. The number of hydrogen-bond donors (Lipinski definition) is 1. The van der Waals surface area contributed by atoms with Crippen molar-refractivity contribution < 1.29 is 9.21 Å². The van der Waals surface area contributed by atoms with Gasteiger partial charge in [-0.15, -0.1) is 11.3 Å². The summed E-state index contributed by atoms with van der Waals surface area (Å²) in [5.74, 6) is 0.0940. The Labute approximate surface area is 161 Å². The molecule has 0 bridgehead atoms. The highest BCUT2D eigenvalue weighted by Crippen LogP contribution is 2.20. The van der Waals surface area contributed by atoms with Gasteiger partial charge in [-0.3, -0.25) is 9.69 Å². The topological polar surface area (TPSA) is 62.6 Å². The van der Waals surface area contributed by atoms with Crippen molar-refractivity contribution >= 4 is 28.2 Å². The summed E-state index contributed by atoms with van der Waals surface area (Å²) in [5.41, 5.74) is -0.0158. The Balaban J connectivity index is 1.31. The van der Waals surface area contributed by atoms with E-state index in [1.54, 1.807) is 29.5 Å². The van der Waals surface area contributed by atoms with E-state index in [0.29, 0.717) is 18.0 Å². The van der Waals surface area contributed by atoms with Crippen molar-refractivity contribution in [2.75, 3.05) is 19.6 Å². The van der Waals surface area contributed by atoms with Crippen LogP contribution in [0, 0.1) is 5.92 Å². The molecule has 1 fully saturated rings. The number of amides is 1. The van der Waals surface area contributed by atoms with E-state index in [4.69, 9.17) is 4.42 Å². The van der Waals surface area contributed by atoms with E-state index in [-0.39, 0.29) is 11.5 Å². The summed E-state index contributed by atoms with van der Waals surface area (Å²) in [7, 11) is 0. The monoisotopic (exact) mass is 382 g/mol. The number of nitrogens with one attached hydrogen (secondary N) is 1. The summed E-state index contributed by atoms with van der Waals surface area (Å²) in [6.07, 6.45) is 2.11. The van der Waals surface area contributed by atoms with Gasteiger partial charge in [0.05, 0.1) is 0 Å². The first-order chi connectivity index (χ1) is 13.2. The highest BCUT2D eigenvalue weighted by Gasteiger charge is 2.21. The van der Waals surface area contributed by atoms with Gasteiger partial charge >= 0.3 is 5.63 Å². The Hall–Kier alpha value is -2.44. The van der Waals surface area contributed by atoms with Crippen LogP contribution in [0.5, 0.6) is 0 Å². The molecule has 1 aromatic carbocycles. The first-order valence-corrected chi connectivity index (χ1v) is 10.1. The van der Waals surface area contributed by atoms with Gasteiger partial charge in [-0.05, 0) is 55.4 Å². The van der Waals surface area contributed by atoms with Crippen LogP contribution in [-0.2, 0) is 6.54 Å². The molecule has 0 atom stereocenters. The molecule has 1 saturated heterocycles. The highest BCUT2D eigenvalue weighted by atomic mass is 32.1. The van der Waals surface area contributed by atoms with Gasteiger partial charge in [-0.2, -0.15) is 0 Å². The number of benzene rings is 1. The van der Waals surface area contributed by atoms with E-state index in [1.165, 1.54) is 4.88 Å². The lowest BCUT2D eigenvalue weighted by Gasteiger charge is -2.31. The van der Waals surface area contributed by atoms with Crippen LogP contribution in [0.4, 0.5) is 0 Å². The van der Waals surface area contributed by atoms with Gasteiger partial charge in [0, 0.05) is 23.4 Å². The third-order valence-electron chi connectivity index (χ3n) is 5.10. The number of hydrogen-bond acceptors (Lipinski definition) is 5. The van der Waals surface area contributed by atoms with Gasteiger partial charge in [0.25, 0.3) is 5.91 Å². The molecule has 5 nitrogen and oxygen atoms in total. The number of piperidine rings is 1. The summed E-state index contributed by atoms with van der Waals surface area (Å²) in [5, 5.41) is 5.79. The molecule has 0 aliphatic carbocycles. The number of carbonyl (C=O) groups excluding carboxylic acids is 1. The molecule has 27 heavy (non-hydrogen) atoms. The minimum Gasteiger partial charge on any atom is -0.422 e. The molecule has 0 saturated carbocycles. The number of thiophene rings is 1. The lowest BCUT2D eigenvalue weighted by Crippen LogP contribution is -2.39. The van der Waals surface area contributed by atoms with Gasteiger partial charge < -0.3 is 9.73 Å². The number of fused-ring (bicyclic) bond motifs is 1. The lowest BCUT2D eigenvalue weighted by molar-refractivity contribution is 0.0932. The van der Waals surface area contributed by atoms with E-state index in [9.17, 15) is 9.59 Å². The van der Waals surface area contributed by atoms with Crippen molar-refractivity contribution in [2.24, 2.45) is 5.92 Å². The van der Waals surface area contributed by atoms with Crippen LogP contribution in [0.1, 0.15) is 28.1 Å². The van der Waals surface area contributed by atoms with Gasteiger partial charge in [0.2, 0.25) is 0 Å². The Morgan fingerprint density at radius 3 is 2.78 bits per heavy atom. The molecule has 0 spiro atoms. The van der Waals surface area contributed by atoms with Crippen molar-refractivity contribution in [1.82, 2.24) is 10.2 Å². The zero-order chi connectivity index (χ0) is 18.6. The minimum atomic E-state index is -0.586. The molecule has 1 amide bonds. The SMILES string of the molecule is O=C(NCC1CCN(Cc2cccs2)CC1)c1cc2ccccc2oc1=O. The summed E-state index contributed by atoms with van der Waals surface area (Å²) >= 11 is 1.79. The van der Waals surface area contributed by atoms with E-state index < -0.39 is 5.63 Å². The molecule has 2 aromatic heterocycles. The standard InChI is InChI=1S/C21H22N2O3S/c24-20(18-12-16-4-1-2-6-19(16)26-21(18)25)22-13-15-7-9-23(10-8-15)14-17-5-3-11-27-17/h1-6,11-12,15H,7-10,13-14H2,(H,22,24). The number of carbonyl (C=O) groups is 1. The van der Waals surface area contributed by atoms with Crippen LogP contribution in [0.15, 0.2) is 57.1 Å². The molecule has 0 unspecified atom stereocenters. The summed E-state index contributed by atoms with van der Waals surface area (Å²) in [6.45, 7) is 3.68. The van der Waals surface area contributed by atoms with Gasteiger partial charge in [-0.25, -0.2) is 4.79 Å². The Bertz CT molecular complexity index is 973. The fourth-order valence-corrected chi connectivity index (χ4v) is 4.27. The first-order valence-electron chi connectivity index (χ1n) is 9.25. The Kier molecular flexibility index (Phi) is 5.36. The normalized spacial score (nSPS) is 15.9. The molecule has 140 valence electrons. The van der Waals surface area contributed by atoms with Gasteiger partial charge in [0.15, 0.2) is 0 Å². The first kappa shape index (κ1) is 17.9. The van der Waals surface area contributed by atoms with Crippen LogP contribution in [0.2, 0.25) is 0 Å². The van der Waals surface area contributed by atoms with E-state index in [0.717, 1.165) is 37.9 Å². The molecule has 0 radical (unpaired) electrons. The Morgan fingerprint density at radius 1 is 1.19 bits per heavy atom. The molecule has 6 heteroatoms. The van der Waals surface area contributed by atoms with Crippen LogP contribution < -0.4 is 10.9 Å². The molecule has 3 heterocycles. The second-order valence-corrected chi connectivity index (χ2v) is 8.03. The fourth-order valence-electron chi connectivity index (χ4n) is 3.52. The largest absolute Gasteiger partial charge is 0.422 e. The number of para-hydroxylation sites is 1. The van der Waals surface area contributed by atoms with Crippen molar-refractivity contribution in [2.45, 2.75) is 19.4 Å². The van der Waals surface area contributed by atoms with Crippen molar-refractivity contribution in [1.29, 1.82) is 0 Å². The average Bonchev–Trinajstić information content (AvgIpc) is 3.19. The maximum Gasteiger partial charge on any atom is 0.349 e. The van der Waals surface area contributed by atoms with Crippen molar-refractivity contribution in [3.63, 3.8) is 0 Å². The second kappa shape index (κ2) is 8.06. The zero-order valence-corrected chi connectivity index (χ0v) is 15.8. The molecule has 1 N–H and O–H groups in total. The maximum atomic E-state index is 12.4. The van der Waals surface area contributed by atoms with Crippen LogP contribution in [0.25, 0.3) is 11.0 Å². The Morgan fingerprint density at radius 2 is 2.00 bits per heavy atom. The van der Waals surface area contributed by atoms with E-state index >= 15 is 0 Å². The van der Waals surface area contributed by atoms with Gasteiger partial charge in [-0.1, -0.05) is 24.3 Å². The number of nitrogens with zero attached hydrogens (tertiary/aromatic N) is 1. The molecule has 1 aliphatic heterocycles.